The van der Waals surface area contributed by atoms with Crippen LogP contribution in [0.2, 0.25) is 0 Å². The van der Waals surface area contributed by atoms with E-state index in [0.717, 1.165) is 32.6 Å². The Hall–Kier alpha value is -1.63. The van der Waals surface area contributed by atoms with Gasteiger partial charge in [-0.3, -0.25) is 4.90 Å². The Morgan fingerprint density at radius 2 is 2.08 bits per heavy atom. The Balaban J connectivity index is 1.75. The van der Waals surface area contributed by atoms with E-state index in [1.807, 2.05) is 6.92 Å². The van der Waals surface area contributed by atoms with Crippen LogP contribution in [0.5, 0.6) is 0 Å². The smallest absolute Gasteiger partial charge is 0.314 e. The van der Waals surface area contributed by atoms with Crippen molar-refractivity contribution in [3.63, 3.8) is 0 Å². The number of nitrogens with zero attached hydrogens (tertiary/aromatic N) is 2. The van der Waals surface area contributed by atoms with E-state index in [1.165, 1.54) is 5.56 Å². The highest BCUT2D eigenvalue weighted by molar-refractivity contribution is 5.74. The minimum absolute atomic E-state index is 0.00917. The number of hydrogen-bond acceptors (Lipinski definition) is 4. The molecule has 0 radical (unpaired) electrons. The fourth-order valence-corrected chi connectivity index (χ4v) is 3.24. The van der Waals surface area contributed by atoms with Crippen LogP contribution in [0, 0.1) is 0 Å². The molecule has 1 aliphatic rings. The topological polar surface area (TPSA) is 67.8 Å². The maximum Gasteiger partial charge on any atom is 0.314 e. The van der Waals surface area contributed by atoms with Crippen LogP contribution >= 0.6 is 0 Å². The Morgan fingerprint density at radius 1 is 1.32 bits per heavy atom. The molecule has 1 unspecified atom stereocenters. The van der Waals surface area contributed by atoms with Crippen molar-refractivity contribution in [2.45, 2.75) is 31.8 Å². The Bertz CT molecular complexity index is 511. The SMILES string of the molecule is C[C@H](CCO)NC(=O)NCCCN1CCN(C)CC1c1ccccc1. The van der Waals surface area contributed by atoms with Gasteiger partial charge >= 0.3 is 6.03 Å². The van der Waals surface area contributed by atoms with Crippen LogP contribution in [0.1, 0.15) is 31.4 Å². The zero-order chi connectivity index (χ0) is 18.1. The van der Waals surface area contributed by atoms with Crippen LogP contribution in [-0.2, 0) is 0 Å². The summed E-state index contributed by atoms with van der Waals surface area (Å²) >= 11 is 0. The third-order valence-corrected chi connectivity index (χ3v) is 4.73. The molecule has 2 rings (SSSR count). The average Bonchev–Trinajstić information content (AvgIpc) is 2.60. The summed E-state index contributed by atoms with van der Waals surface area (Å²) in [5.41, 5.74) is 1.36. The number of piperazine rings is 1. The molecule has 2 atom stereocenters. The Labute approximate surface area is 151 Å². The van der Waals surface area contributed by atoms with Crippen molar-refractivity contribution < 1.29 is 9.90 Å². The second-order valence-electron chi connectivity index (χ2n) is 6.89. The lowest BCUT2D eigenvalue weighted by atomic mass is 10.0. The van der Waals surface area contributed by atoms with Crippen LogP contribution in [-0.4, -0.2) is 73.4 Å². The molecule has 2 amide bonds. The Morgan fingerprint density at radius 3 is 2.80 bits per heavy atom. The van der Waals surface area contributed by atoms with Crippen LogP contribution < -0.4 is 10.6 Å². The van der Waals surface area contributed by atoms with E-state index < -0.39 is 0 Å². The molecule has 0 bridgehead atoms. The molecule has 1 aromatic rings. The van der Waals surface area contributed by atoms with Gasteiger partial charge in [-0.25, -0.2) is 4.79 Å². The predicted octanol–water partition coefficient (Wildman–Crippen LogP) is 1.44. The van der Waals surface area contributed by atoms with Crippen molar-refractivity contribution in [1.29, 1.82) is 0 Å². The number of aliphatic hydroxyl groups is 1. The number of aliphatic hydroxyl groups excluding tert-OH is 1. The number of carbonyl (C=O) groups excluding carboxylic acids is 1. The largest absolute Gasteiger partial charge is 0.396 e. The molecule has 25 heavy (non-hydrogen) atoms. The van der Waals surface area contributed by atoms with Crippen LogP contribution in [0.25, 0.3) is 0 Å². The third kappa shape index (κ3) is 6.65. The summed E-state index contributed by atoms with van der Waals surface area (Å²) in [5, 5.41) is 14.6. The highest BCUT2D eigenvalue weighted by Crippen LogP contribution is 2.24. The number of hydrogen-bond donors (Lipinski definition) is 3. The van der Waals surface area contributed by atoms with E-state index in [9.17, 15) is 4.79 Å². The minimum Gasteiger partial charge on any atom is -0.396 e. The van der Waals surface area contributed by atoms with E-state index in [2.05, 4.69) is 57.8 Å². The first-order chi connectivity index (χ1) is 12.1. The molecule has 1 aromatic carbocycles. The number of benzene rings is 1. The van der Waals surface area contributed by atoms with E-state index in [1.54, 1.807) is 0 Å². The van der Waals surface area contributed by atoms with E-state index in [-0.39, 0.29) is 18.7 Å². The van der Waals surface area contributed by atoms with Gasteiger partial charge in [0.1, 0.15) is 0 Å². The highest BCUT2D eigenvalue weighted by atomic mass is 16.3. The normalized spacial score (nSPS) is 20.2. The number of rotatable bonds is 8. The van der Waals surface area contributed by atoms with Gasteiger partial charge in [-0.1, -0.05) is 30.3 Å². The summed E-state index contributed by atoms with van der Waals surface area (Å²) in [5.74, 6) is 0. The number of carbonyl (C=O) groups is 1. The number of likely N-dealkylation sites (N-methyl/N-ethyl adjacent to an activating group) is 1. The van der Waals surface area contributed by atoms with Gasteiger partial charge in [-0.05, 0) is 32.4 Å². The molecular formula is C19H32N4O2. The van der Waals surface area contributed by atoms with Crippen LogP contribution in [0.4, 0.5) is 4.79 Å². The minimum atomic E-state index is -0.154. The van der Waals surface area contributed by atoms with Gasteiger partial charge in [0, 0.05) is 51.4 Å². The average molecular weight is 348 g/mol. The number of urea groups is 1. The van der Waals surface area contributed by atoms with E-state index in [4.69, 9.17) is 5.11 Å². The lowest BCUT2D eigenvalue weighted by Crippen LogP contribution is -2.47. The number of nitrogens with one attached hydrogen (secondary N) is 2. The van der Waals surface area contributed by atoms with Gasteiger partial charge in [-0.15, -0.1) is 0 Å². The third-order valence-electron chi connectivity index (χ3n) is 4.73. The molecular weight excluding hydrogens is 316 g/mol. The first kappa shape index (κ1) is 19.7. The standard InChI is InChI=1S/C19H32N4O2/c1-16(9-14-24)21-19(25)20-10-6-11-23-13-12-22(2)15-18(23)17-7-4-3-5-8-17/h3-5,7-8,16,18,24H,6,9-15H2,1-2H3,(H2,20,21,25)/t16-,18?/m1/s1. The van der Waals surface area contributed by atoms with Gasteiger partial charge in [0.05, 0.1) is 0 Å². The molecule has 140 valence electrons. The molecule has 1 heterocycles. The quantitative estimate of drug-likeness (QED) is 0.622. The fourth-order valence-electron chi connectivity index (χ4n) is 3.24. The second kappa shape index (κ2) is 10.4. The molecule has 1 fully saturated rings. The molecule has 6 heteroatoms. The molecule has 0 aromatic heterocycles. The highest BCUT2D eigenvalue weighted by Gasteiger charge is 2.25. The van der Waals surface area contributed by atoms with Gasteiger partial charge in [0.25, 0.3) is 0 Å². The molecule has 1 saturated heterocycles. The van der Waals surface area contributed by atoms with Crippen molar-refractivity contribution in [3.8, 4) is 0 Å². The molecule has 0 spiro atoms. The van der Waals surface area contributed by atoms with Crippen molar-refractivity contribution in [2.24, 2.45) is 0 Å². The fraction of sp³-hybridized carbons (Fsp3) is 0.632. The summed E-state index contributed by atoms with van der Waals surface area (Å²) in [7, 11) is 2.17. The van der Waals surface area contributed by atoms with Gasteiger partial charge in [0.2, 0.25) is 0 Å². The molecule has 6 nitrogen and oxygen atoms in total. The van der Waals surface area contributed by atoms with Gasteiger partial charge in [-0.2, -0.15) is 0 Å². The summed E-state index contributed by atoms with van der Waals surface area (Å²) in [6.07, 6.45) is 1.50. The molecule has 3 N–H and O–H groups in total. The summed E-state index contributed by atoms with van der Waals surface area (Å²) in [6, 6.07) is 10.9. The monoisotopic (exact) mass is 348 g/mol. The summed E-state index contributed by atoms with van der Waals surface area (Å²) in [6.45, 7) is 6.78. The maximum atomic E-state index is 11.8. The second-order valence-corrected chi connectivity index (χ2v) is 6.89. The molecule has 0 saturated carbocycles. The zero-order valence-electron chi connectivity index (χ0n) is 15.4. The Kier molecular flexibility index (Phi) is 8.18. The molecule has 1 aliphatic heterocycles. The van der Waals surface area contributed by atoms with E-state index >= 15 is 0 Å². The first-order valence-corrected chi connectivity index (χ1v) is 9.23. The van der Waals surface area contributed by atoms with E-state index in [0.29, 0.717) is 19.0 Å². The lowest BCUT2D eigenvalue weighted by Gasteiger charge is -2.40. The van der Waals surface area contributed by atoms with Gasteiger partial charge in [0.15, 0.2) is 0 Å². The van der Waals surface area contributed by atoms with Crippen molar-refractivity contribution >= 4 is 6.03 Å². The number of amides is 2. The first-order valence-electron chi connectivity index (χ1n) is 9.23. The lowest BCUT2D eigenvalue weighted by molar-refractivity contribution is 0.0889. The predicted molar refractivity (Wildman–Crippen MR) is 101 cm³/mol. The maximum absolute atomic E-state index is 11.8. The zero-order valence-corrected chi connectivity index (χ0v) is 15.4. The summed E-state index contributed by atoms with van der Waals surface area (Å²) < 4.78 is 0. The van der Waals surface area contributed by atoms with Crippen LogP contribution in [0.15, 0.2) is 30.3 Å². The summed E-state index contributed by atoms with van der Waals surface area (Å²) in [4.78, 5) is 16.7. The molecule has 0 aliphatic carbocycles. The van der Waals surface area contributed by atoms with Crippen LogP contribution in [0.3, 0.4) is 0 Å². The van der Waals surface area contributed by atoms with Gasteiger partial charge < -0.3 is 20.6 Å². The van der Waals surface area contributed by atoms with Crippen molar-refractivity contribution in [2.75, 3.05) is 46.4 Å². The van der Waals surface area contributed by atoms with Crippen molar-refractivity contribution in [3.05, 3.63) is 35.9 Å². The van der Waals surface area contributed by atoms with Crippen molar-refractivity contribution in [1.82, 2.24) is 20.4 Å².